The van der Waals surface area contributed by atoms with Crippen molar-refractivity contribution in [1.29, 1.82) is 0 Å². The van der Waals surface area contributed by atoms with Crippen molar-refractivity contribution in [2.75, 3.05) is 13.1 Å². The Bertz CT molecular complexity index is 1240. The smallest absolute Gasteiger partial charge is 0.326 e. The molecule has 0 fully saturated rings. The Hall–Kier alpha value is -4.69. The van der Waals surface area contributed by atoms with E-state index in [4.69, 9.17) is 22.9 Å². The molecule has 2 aromatic rings. The van der Waals surface area contributed by atoms with Gasteiger partial charge in [-0.15, -0.1) is 0 Å². The number of nitrogens with one attached hydrogen (secondary N) is 3. The van der Waals surface area contributed by atoms with Crippen LogP contribution in [-0.2, 0) is 32.0 Å². The number of carboxylic acid groups (broad SMARTS) is 1. The van der Waals surface area contributed by atoms with E-state index in [1.807, 2.05) is 0 Å². The normalized spacial score (nSPS) is 13.5. The summed E-state index contributed by atoms with van der Waals surface area (Å²) >= 11 is 0. The monoisotopic (exact) mass is 612 g/mol. The third-order valence-electron chi connectivity index (χ3n) is 6.79. The fourth-order valence-electron chi connectivity index (χ4n) is 4.36. The van der Waals surface area contributed by atoms with Crippen molar-refractivity contribution in [2.24, 2.45) is 27.9 Å². The Kier molecular flexibility index (Phi) is 15.1. The summed E-state index contributed by atoms with van der Waals surface area (Å²) in [5.74, 6) is -3.21. The van der Waals surface area contributed by atoms with E-state index in [2.05, 4.69) is 20.9 Å². The first-order valence-electron chi connectivity index (χ1n) is 14.5. The van der Waals surface area contributed by atoms with E-state index in [1.54, 1.807) is 42.5 Å². The van der Waals surface area contributed by atoms with Gasteiger partial charge in [-0.05, 0) is 61.9 Å². The van der Waals surface area contributed by atoms with Crippen LogP contribution < -0.4 is 38.9 Å². The van der Waals surface area contributed by atoms with Crippen LogP contribution in [-0.4, -0.2) is 77.1 Å². The lowest BCUT2D eigenvalue weighted by molar-refractivity contribution is -0.142. The van der Waals surface area contributed by atoms with Crippen LogP contribution >= 0.6 is 0 Å². The molecule has 0 heterocycles. The third-order valence-corrected chi connectivity index (χ3v) is 6.79. The minimum Gasteiger partial charge on any atom is -0.508 e. The highest BCUT2D eigenvalue weighted by Gasteiger charge is 2.30. The zero-order valence-corrected chi connectivity index (χ0v) is 24.7. The van der Waals surface area contributed by atoms with Crippen LogP contribution in [0.5, 0.6) is 5.75 Å². The van der Waals surface area contributed by atoms with Gasteiger partial charge in [-0.3, -0.25) is 19.4 Å². The maximum atomic E-state index is 13.7. The Morgan fingerprint density at radius 3 is 1.82 bits per heavy atom. The number of aromatic hydroxyl groups is 1. The molecular formula is C30H44N8O6. The summed E-state index contributed by atoms with van der Waals surface area (Å²) in [7, 11) is 0. The number of carbonyl (C=O) groups is 4. The number of hydrogen-bond acceptors (Lipinski definition) is 8. The predicted molar refractivity (Wildman–Crippen MR) is 166 cm³/mol. The molecule has 0 aliphatic rings. The number of aliphatic carboxylic acids is 1. The number of nitrogens with zero attached hydrogens (tertiary/aromatic N) is 1. The molecule has 4 unspecified atom stereocenters. The van der Waals surface area contributed by atoms with Crippen molar-refractivity contribution in [2.45, 2.75) is 69.1 Å². The molecule has 0 aliphatic heterocycles. The van der Waals surface area contributed by atoms with E-state index in [-0.39, 0.29) is 43.9 Å². The quantitative estimate of drug-likeness (QED) is 0.0543. The molecule has 2 aromatic carbocycles. The average Bonchev–Trinajstić information content (AvgIpc) is 2.99. The van der Waals surface area contributed by atoms with Gasteiger partial charge >= 0.3 is 5.97 Å². The Balaban J connectivity index is 2.26. The van der Waals surface area contributed by atoms with Gasteiger partial charge in [0.05, 0.1) is 6.04 Å². The summed E-state index contributed by atoms with van der Waals surface area (Å²) in [6.07, 6.45) is 2.03. The Morgan fingerprint density at radius 1 is 0.727 bits per heavy atom. The lowest BCUT2D eigenvalue weighted by Crippen LogP contribution is -2.58. The van der Waals surface area contributed by atoms with Crippen molar-refractivity contribution >= 4 is 29.7 Å². The zero-order chi connectivity index (χ0) is 32.5. The molecule has 13 N–H and O–H groups in total. The molecule has 0 spiro atoms. The highest BCUT2D eigenvalue weighted by atomic mass is 16.4. The molecule has 14 heteroatoms. The first kappa shape index (κ1) is 35.5. The second-order valence-electron chi connectivity index (χ2n) is 10.4. The number of benzene rings is 2. The topological polar surface area (TPSA) is 261 Å². The molecule has 14 nitrogen and oxygen atoms in total. The fourth-order valence-corrected chi connectivity index (χ4v) is 4.36. The summed E-state index contributed by atoms with van der Waals surface area (Å²) in [5, 5.41) is 27.3. The largest absolute Gasteiger partial charge is 0.508 e. The van der Waals surface area contributed by atoms with Crippen LogP contribution in [0.25, 0.3) is 0 Å². The van der Waals surface area contributed by atoms with Gasteiger partial charge in [-0.2, -0.15) is 0 Å². The van der Waals surface area contributed by atoms with E-state index >= 15 is 0 Å². The molecule has 240 valence electrons. The first-order valence-corrected chi connectivity index (χ1v) is 14.5. The minimum absolute atomic E-state index is 0.0229. The van der Waals surface area contributed by atoms with E-state index in [0.717, 1.165) is 5.56 Å². The van der Waals surface area contributed by atoms with E-state index in [9.17, 15) is 29.4 Å². The van der Waals surface area contributed by atoms with Crippen LogP contribution in [0.1, 0.15) is 43.2 Å². The predicted octanol–water partition coefficient (Wildman–Crippen LogP) is -0.774. The van der Waals surface area contributed by atoms with Crippen molar-refractivity contribution in [1.82, 2.24) is 16.0 Å². The highest BCUT2D eigenvalue weighted by Crippen LogP contribution is 2.13. The van der Waals surface area contributed by atoms with E-state index < -0.39 is 47.9 Å². The Labute approximate surface area is 256 Å². The van der Waals surface area contributed by atoms with Crippen molar-refractivity contribution in [3.05, 3.63) is 65.7 Å². The number of hydrogen-bond donors (Lipinski definition) is 9. The second-order valence-corrected chi connectivity index (χ2v) is 10.4. The van der Waals surface area contributed by atoms with Crippen LogP contribution in [0, 0.1) is 0 Å². The number of aliphatic imine (C=N–C) groups is 1. The lowest BCUT2D eigenvalue weighted by Gasteiger charge is -2.25. The van der Waals surface area contributed by atoms with Gasteiger partial charge < -0.3 is 49.1 Å². The van der Waals surface area contributed by atoms with Crippen LogP contribution in [0.4, 0.5) is 0 Å². The Morgan fingerprint density at radius 2 is 1.27 bits per heavy atom. The summed E-state index contributed by atoms with van der Waals surface area (Å²) in [5.41, 5.74) is 23.6. The minimum atomic E-state index is -1.20. The number of carboxylic acids is 1. The standard InChI is InChI=1S/C30H44N8O6/c31-15-5-4-10-23(29(43)44)36-27(41)25(17-19-7-2-1-3-8-19)38-28(42)24(18-20-11-13-21(39)14-12-20)37-26(40)22(32)9-6-16-35-30(33)34/h1-3,7-8,11-14,22-25,39H,4-6,9-10,15-18,31-32H2,(H,36,41)(H,37,40)(H,38,42)(H,43,44)(H4,33,34,35). The molecule has 0 saturated heterocycles. The number of unbranched alkanes of at least 4 members (excludes halogenated alkanes) is 1. The lowest BCUT2D eigenvalue weighted by atomic mass is 10.0. The first-order chi connectivity index (χ1) is 21.0. The van der Waals surface area contributed by atoms with Gasteiger partial charge in [0.15, 0.2) is 5.96 Å². The van der Waals surface area contributed by atoms with Gasteiger partial charge in [-0.1, -0.05) is 42.5 Å². The molecule has 0 bridgehead atoms. The molecule has 2 rings (SSSR count). The molecule has 0 radical (unpaired) electrons. The van der Waals surface area contributed by atoms with Crippen LogP contribution in [0.15, 0.2) is 59.6 Å². The van der Waals surface area contributed by atoms with Gasteiger partial charge in [0, 0.05) is 19.4 Å². The number of rotatable bonds is 19. The molecule has 44 heavy (non-hydrogen) atoms. The van der Waals surface area contributed by atoms with E-state index in [1.165, 1.54) is 12.1 Å². The SMILES string of the molecule is NCCCCC(NC(=O)C(Cc1ccccc1)NC(=O)C(Cc1ccc(O)cc1)NC(=O)C(N)CCCN=C(N)N)C(=O)O. The second kappa shape index (κ2) is 18.8. The molecule has 0 aromatic heterocycles. The number of amides is 3. The molecular weight excluding hydrogens is 568 g/mol. The fraction of sp³-hybridized carbons (Fsp3) is 0.433. The zero-order valence-electron chi connectivity index (χ0n) is 24.7. The highest BCUT2D eigenvalue weighted by molar-refractivity contribution is 5.94. The van der Waals surface area contributed by atoms with Crippen molar-refractivity contribution < 1.29 is 29.4 Å². The van der Waals surface area contributed by atoms with Gasteiger partial charge in [0.1, 0.15) is 23.9 Å². The third kappa shape index (κ3) is 13.1. The van der Waals surface area contributed by atoms with Crippen LogP contribution in [0.3, 0.4) is 0 Å². The summed E-state index contributed by atoms with van der Waals surface area (Å²) in [6.45, 7) is 0.668. The molecule has 0 aliphatic carbocycles. The summed E-state index contributed by atoms with van der Waals surface area (Å²) in [6, 6.07) is 10.6. The number of carbonyl (C=O) groups excluding carboxylic acids is 3. The van der Waals surface area contributed by atoms with Crippen molar-refractivity contribution in [3.8, 4) is 5.75 Å². The number of guanidine groups is 1. The number of nitrogens with two attached hydrogens (primary N) is 4. The van der Waals surface area contributed by atoms with Gasteiger partial charge in [-0.25, -0.2) is 4.79 Å². The van der Waals surface area contributed by atoms with Crippen LogP contribution in [0.2, 0.25) is 0 Å². The van der Waals surface area contributed by atoms with Gasteiger partial charge in [0.25, 0.3) is 0 Å². The van der Waals surface area contributed by atoms with E-state index in [0.29, 0.717) is 31.4 Å². The molecule has 0 saturated carbocycles. The molecule has 4 atom stereocenters. The molecule has 3 amide bonds. The maximum Gasteiger partial charge on any atom is 0.326 e. The summed E-state index contributed by atoms with van der Waals surface area (Å²) in [4.78, 5) is 55.8. The maximum absolute atomic E-state index is 13.7. The number of phenols is 1. The number of phenolic OH excluding ortho intramolecular Hbond substituents is 1. The van der Waals surface area contributed by atoms with Crippen molar-refractivity contribution in [3.63, 3.8) is 0 Å². The average molecular weight is 613 g/mol. The summed E-state index contributed by atoms with van der Waals surface area (Å²) < 4.78 is 0. The van der Waals surface area contributed by atoms with Gasteiger partial charge in [0.2, 0.25) is 17.7 Å².